The van der Waals surface area contributed by atoms with Crippen molar-refractivity contribution in [1.82, 2.24) is 14.9 Å². The fourth-order valence-electron chi connectivity index (χ4n) is 2.08. The third kappa shape index (κ3) is 4.27. The van der Waals surface area contributed by atoms with Gasteiger partial charge in [-0.3, -0.25) is 0 Å². The van der Waals surface area contributed by atoms with Crippen LogP contribution in [0.3, 0.4) is 0 Å². The van der Waals surface area contributed by atoms with Crippen molar-refractivity contribution >= 4 is 11.9 Å². The predicted octanol–water partition coefficient (Wildman–Crippen LogP) is 2.00. The summed E-state index contributed by atoms with van der Waals surface area (Å²) in [4.78, 5) is 23.7. The Kier molecular flexibility index (Phi) is 4.59. The largest absolute Gasteiger partial charge is 0.444 e. The van der Waals surface area contributed by atoms with E-state index in [0.717, 1.165) is 0 Å². The van der Waals surface area contributed by atoms with Gasteiger partial charge in [0.2, 0.25) is 0 Å². The molecule has 0 unspecified atom stereocenters. The first-order chi connectivity index (χ1) is 9.89. The third-order valence-corrected chi connectivity index (χ3v) is 3.10. The molecule has 0 spiro atoms. The maximum atomic E-state index is 12.6. The molecule has 0 bridgehead atoms. The summed E-state index contributed by atoms with van der Waals surface area (Å²) < 4.78 is 18.0. The Labute approximate surface area is 123 Å². The van der Waals surface area contributed by atoms with E-state index in [1.807, 2.05) is 25.7 Å². The van der Waals surface area contributed by atoms with E-state index in [1.54, 1.807) is 11.0 Å². The first-order valence-corrected chi connectivity index (χ1v) is 6.99. The van der Waals surface area contributed by atoms with Crippen molar-refractivity contribution in [2.24, 2.45) is 0 Å². The SMILES string of the molecule is CC(C)(C)OC(=O)N1CCN(c2cc(CF)ncn2)CC1. The first kappa shape index (κ1) is 15.5. The van der Waals surface area contributed by atoms with E-state index >= 15 is 0 Å². The molecule has 1 saturated heterocycles. The molecule has 1 aliphatic heterocycles. The van der Waals surface area contributed by atoms with Crippen molar-refractivity contribution in [3.8, 4) is 0 Å². The van der Waals surface area contributed by atoms with Crippen LogP contribution >= 0.6 is 0 Å². The number of anilines is 1. The van der Waals surface area contributed by atoms with E-state index < -0.39 is 12.3 Å². The molecule has 2 heterocycles. The summed E-state index contributed by atoms with van der Waals surface area (Å²) in [6.45, 7) is 7.34. The van der Waals surface area contributed by atoms with E-state index in [4.69, 9.17) is 4.74 Å². The summed E-state index contributed by atoms with van der Waals surface area (Å²) in [6, 6.07) is 1.64. The third-order valence-electron chi connectivity index (χ3n) is 3.10. The lowest BCUT2D eigenvalue weighted by atomic mass is 10.2. The molecular weight excluding hydrogens is 275 g/mol. The number of hydrogen-bond acceptors (Lipinski definition) is 5. The monoisotopic (exact) mass is 296 g/mol. The number of nitrogens with zero attached hydrogens (tertiary/aromatic N) is 4. The Bertz CT molecular complexity index is 496. The Hall–Kier alpha value is -1.92. The number of amides is 1. The number of halogens is 1. The summed E-state index contributed by atoms with van der Waals surface area (Å²) in [5.74, 6) is 0.696. The number of piperazine rings is 1. The Morgan fingerprint density at radius 3 is 2.52 bits per heavy atom. The normalized spacial score (nSPS) is 16.0. The van der Waals surface area contributed by atoms with Gasteiger partial charge in [0.15, 0.2) is 0 Å². The topological polar surface area (TPSA) is 58.6 Å². The highest BCUT2D eigenvalue weighted by Gasteiger charge is 2.26. The number of rotatable bonds is 2. The Morgan fingerprint density at radius 1 is 1.29 bits per heavy atom. The van der Waals surface area contributed by atoms with Crippen LogP contribution in [-0.2, 0) is 11.4 Å². The van der Waals surface area contributed by atoms with Gasteiger partial charge in [-0.05, 0) is 20.8 Å². The molecule has 7 heteroatoms. The number of ether oxygens (including phenoxy) is 1. The summed E-state index contributed by atoms with van der Waals surface area (Å²) in [6.07, 6.45) is 1.07. The van der Waals surface area contributed by atoms with Gasteiger partial charge in [0.05, 0.1) is 5.69 Å². The van der Waals surface area contributed by atoms with Crippen molar-refractivity contribution in [3.05, 3.63) is 18.1 Å². The van der Waals surface area contributed by atoms with Crippen molar-refractivity contribution in [2.45, 2.75) is 33.0 Å². The molecule has 2 rings (SSSR count). The van der Waals surface area contributed by atoms with Gasteiger partial charge < -0.3 is 14.5 Å². The molecule has 1 fully saturated rings. The Morgan fingerprint density at radius 2 is 1.95 bits per heavy atom. The van der Waals surface area contributed by atoms with Crippen molar-refractivity contribution in [1.29, 1.82) is 0 Å². The molecule has 0 aliphatic carbocycles. The zero-order valence-electron chi connectivity index (χ0n) is 12.7. The molecule has 21 heavy (non-hydrogen) atoms. The number of hydrogen-bond donors (Lipinski definition) is 0. The molecule has 0 aromatic carbocycles. The first-order valence-electron chi connectivity index (χ1n) is 6.99. The van der Waals surface area contributed by atoms with E-state index in [-0.39, 0.29) is 6.09 Å². The van der Waals surface area contributed by atoms with Crippen LogP contribution in [0.25, 0.3) is 0 Å². The predicted molar refractivity (Wildman–Crippen MR) is 76.9 cm³/mol. The van der Waals surface area contributed by atoms with Gasteiger partial charge in [0.1, 0.15) is 24.4 Å². The lowest BCUT2D eigenvalue weighted by Gasteiger charge is -2.36. The van der Waals surface area contributed by atoms with Gasteiger partial charge in [0.25, 0.3) is 0 Å². The highest BCUT2D eigenvalue weighted by Crippen LogP contribution is 2.16. The molecule has 0 saturated carbocycles. The molecule has 1 aromatic rings. The maximum absolute atomic E-state index is 12.6. The Balaban J connectivity index is 1.92. The molecule has 0 radical (unpaired) electrons. The number of aromatic nitrogens is 2. The van der Waals surface area contributed by atoms with Gasteiger partial charge in [-0.1, -0.05) is 0 Å². The summed E-state index contributed by atoms with van der Waals surface area (Å²) in [7, 11) is 0. The second-order valence-corrected chi connectivity index (χ2v) is 5.96. The number of alkyl halides is 1. The average molecular weight is 296 g/mol. The number of carbonyl (C=O) groups excluding carboxylic acids is 1. The van der Waals surface area contributed by atoms with Crippen molar-refractivity contribution < 1.29 is 13.9 Å². The van der Waals surface area contributed by atoms with Crippen molar-refractivity contribution in [3.63, 3.8) is 0 Å². The van der Waals surface area contributed by atoms with Crippen LogP contribution in [0.2, 0.25) is 0 Å². The van der Waals surface area contributed by atoms with Crippen LogP contribution in [0.4, 0.5) is 15.0 Å². The molecule has 0 atom stereocenters. The van der Waals surface area contributed by atoms with Gasteiger partial charge in [-0.25, -0.2) is 19.2 Å². The van der Waals surface area contributed by atoms with Crippen LogP contribution in [0.15, 0.2) is 12.4 Å². The highest BCUT2D eigenvalue weighted by molar-refractivity contribution is 5.68. The molecular formula is C14H21FN4O2. The van der Waals surface area contributed by atoms with E-state index in [9.17, 15) is 9.18 Å². The molecule has 6 nitrogen and oxygen atoms in total. The summed E-state index contributed by atoms with van der Waals surface area (Å²) in [5.41, 5.74) is -0.119. The zero-order chi connectivity index (χ0) is 15.5. The van der Waals surface area contributed by atoms with E-state index in [1.165, 1.54) is 6.33 Å². The smallest absolute Gasteiger partial charge is 0.410 e. The van der Waals surface area contributed by atoms with E-state index in [0.29, 0.717) is 37.7 Å². The van der Waals surface area contributed by atoms with Crippen LogP contribution in [0, 0.1) is 0 Å². The molecule has 116 valence electrons. The standard InChI is InChI=1S/C14H21FN4O2/c1-14(2,3)21-13(20)19-6-4-18(5-7-19)12-8-11(9-15)16-10-17-12/h8,10H,4-7,9H2,1-3H3. The molecule has 0 N–H and O–H groups in total. The van der Waals surface area contributed by atoms with E-state index in [2.05, 4.69) is 9.97 Å². The zero-order valence-corrected chi connectivity index (χ0v) is 12.7. The van der Waals surface area contributed by atoms with Gasteiger partial charge >= 0.3 is 6.09 Å². The second-order valence-electron chi connectivity index (χ2n) is 5.96. The second kappa shape index (κ2) is 6.24. The quantitative estimate of drug-likeness (QED) is 0.835. The lowest BCUT2D eigenvalue weighted by Crippen LogP contribution is -2.50. The molecule has 1 aliphatic rings. The highest BCUT2D eigenvalue weighted by atomic mass is 19.1. The maximum Gasteiger partial charge on any atom is 0.410 e. The van der Waals surface area contributed by atoms with Crippen molar-refractivity contribution in [2.75, 3.05) is 31.1 Å². The van der Waals surface area contributed by atoms with Crippen LogP contribution < -0.4 is 4.90 Å². The van der Waals surface area contributed by atoms with Gasteiger partial charge in [-0.2, -0.15) is 0 Å². The number of carbonyl (C=O) groups is 1. The lowest BCUT2D eigenvalue weighted by molar-refractivity contribution is 0.0240. The van der Waals surface area contributed by atoms with Crippen LogP contribution in [-0.4, -0.2) is 52.7 Å². The minimum absolute atomic E-state index is 0.297. The minimum Gasteiger partial charge on any atom is -0.444 e. The fraction of sp³-hybridized carbons (Fsp3) is 0.643. The molecule has 1 aromatic heterocycles. The van der Waals surface area contributed by atoms with Gasteiger partial charge in [0, 0.05) is 32.2 Å². The van der Waals surface area contributed by atoms with Gasteiger partial charge in [-0.15, -0.1) is 0 Å². The minimum atomic E-state index is -0.604. The fourth-order valence-corrected chi connectivity index (χ4v) is 2.08. The van der Waals surface area contributed by atoms with Crippen LogP contribution in [0.1, 0.15) is 26.5 Å². The van der Waals surface area contributed by atoms with Crippen LogP contribution in [0.5, 0.6) is 0 Å². The summed E-state index contributed by atoms with van der Waals surface area (Å²) >= 11 is 0. The average Bonchev–Trinajstić information content (AvgIpc) is 2.46. The summed E-state index contributed by atoms with van der Waals surface area (Å²) in [5, 5.41) is 0. The molecule has 1 amide bonds.